The van der Waals surface area contributed by atoms with Crippen molar-refractivity contribution in [1.82, 2.24) is 0 Å². The van der Waals surface area contributed by atoms with Gasteiger partial charge in [0.2, 0.25) is 0 Å². The SMILES string of the molecule is CC(/C(C)=C(/C)[PH+](c1ccccc1)c1ccccc1)=C(\C)[PH+](c1ccccc1)c1ccccc1.CC(/C(C)=C(/C)[PH+](c1ccccc1)c1ccccc1)=C(\C)[PH+](c1ccccc1)c1ccccc1.ClCCl.ClCCl.ClCCl.N[C@@H](c1ccccc1)[C@@H](N)c1ccccc1.N[C@@H](c1ccccc1)[C@@H](N)c1ccccc1.[CH2-]Cl.[Cl-].[O-][Cl+3]([O-])([O-])[O-].[O-][Cl+3]([O-])([O-])[O-].[O-][Cl+3]([O-])([O-])[O-].[O-][Cl+3]([O-])([O-])[O-].[Pt].[Pt]. The first-order valence-electron chi connectivity index (χ1n) is 38.9. The Bertz CT molecular complexity index is 4280. The van der Waals surface area contributed by atoms with Gasteiger partial charge in [0.25, 0.3) is 0 Å². The Morgan fingerprint density at radius 3 is 0.373 bits per heavy atom. The second-order valence-corrected chi connectivity index (χ2v) is 43.1. The molecule has 0 unspecified atom stereocenters. The summed E-state index contributed by atoms with van der Waals surface area (Å²) in [5.74, 6) is 0. The molecule has 12 aromatic carbocycles. The zero-order chi connectivity index (χ0) is 98.7. The second-order valence-electron chi connectivity index (χ2n) is 27.0. The minimum absolute atomic E-state index is 0. The Balaban J connectivity index is -0.00000158. The molecule has 0 aliphatic heterocycles. The van der Waals surface area contributed by atoms with Crippen LogP contribution in [0.2, 0.25) is 0 Å². The normalized spacial score (nSPS) is 12.3. The maximum Gasteiger partial charge on any atom is 0.102 e. The zero-order valence-corrected chi connectivity index (χ0v) is 91.4. The molecule has 134 heavy (non-hydrogen) atoms. The average molecular weight is 2510 g/mol. The van der Waals surface area contributed by atoms with Crippen molar-refractivity contribution < 1.29 is 170 Å². The van der Waals surface area contributed by atoms with Crippen LogP contribution >= 0.6 is 113 Å². The van der Waals surface area contributed by atoms with Gasteiger partial charge in [0.15, 0.2) is 0 Å². The predicted molar refractivity (Wildman–Crippen MR) is 510 cm³/mol. The molecule has 8 N–H and O–H groups in total. The van der Waals surface area contributed by atoms with E-state index in [0.717, 1.165) is 22.3 Å². The first-order valence-corrected chi connectivity index (χ1v) is 53.6. The Hall–Kier alpha value is -4.62. The van der Waals surface area contributed by atoms with E-state index in [0.29, 0.717) is 0 Å². The van der Waals surface area contributed by atoms with Crippen molar-refractivity contribution in [2.45, 2.75) is 79.6 Å². The van der Waals surface area contributed by atoms with E-state index in [9.17, 15) is 0 Å². The summed E-state index contributed by atoms with van der Waals surface area (Å²) >= 11 is 33.0. The molecule has 12 rings (SSSR count). The Morgan fingerprint density at radius 1 is 0.216 bits per heavy atom. The van der Waals surface area contributed by atoms with E-state index in [1.54, 1.807) is 0 Å². The smallest absolute Gasteiger partial charge is 0.102 e. The Labute approximate surface area is 871 Å². The molecule has 20 nitrogen and oxygen atoms in total. The van der Waals surface area contributed by atoms with Crippen LogP contribution in [0.1, 0.15) is 102 Å². The maximum absolute atomic E-state index is 8.49. The monoisotopic (exact) mass is 2510 g/mol. The van der Waals surface area contributed by atoms with Crippen LogP contribution in [0.4, 0.5) is 0 Å². The van der Waals surface area contributed by atoms with Gasteiger partial charge in [0.05, 0.1) is 69.0 Å². The summed E-state index contributed by atoms with van der Waals surface area (Å²) in [6.07, 6.45) is 2.72. The molecule has 0 radical (unpaired) electrons. The fourth-order valence-corrected chi connectivity index (χ4v) is 23.9. The summed E-state index contributed by atoms with van der Waals surface area (Å²) in [5, 5.41) is 18.2. The van der Waals surface area contributed by atoms with Gasteiger partial charge >= 0.3 is 0 Å². The number of hydrogen-bond donors (Lipinski definition) is 4. The molecule has 0 aromatic heterocycles. The fourth-order valence-electron chi connectivity index (χ4n) is 12.6. The van der Waals surface area contributed by atoms with Gasteiger partial charge < -0.3 is 46.9 Å². The zero-order valence-electron chi connectivity index (χ0n) is 73.8. The number of hydrogen-bond acceptors (Lipinski definition) is 20. The third kappa shape index (κ3) is 57.9. The average Bonchev–Trinajstić information content (AvgIpc) is 0.797. The molecule has 0 saturated heterocycles. The van der Waals surface area contributed by atoms with E-state index in [2.05, 4.69) is 316 Å². The van der Waals surface area contributed by atoms with Crippen LogP contribution in [-0.4, -0.2) is 16.0 Å². The first kappa shape index (κ1) is 134. The van der Waals surface area contributed by atoms with Crippen molar-refractivity contribution in [1.29, 1.82) is 0 Å². The van der Waals surface area contributed by atoms with E-state index in [1.165, 1.54) is 86.0 Å². The topological polar surface area (TPSA) is 473 Å². The number of nitrogens with two attached hydrogens (primary N) is 4. The van der Waals surface area contributed by atoms with Gasteiger partial charge in [0, 0.05) is 66.3 Å². The minimum atomic E-state index is -4.94. The van der Waals surface area contributed by atoms with Crippen molar-refractivity contribution in [2.75, 3.05) is 16.0 Å². The molecule has 38 heteroatoms. The van der Waals surface area contributed by atoms with Gasteiger partial charge in [-0.1, -0.05) is 267 Å². The van der Waals surface area contributed by atoms with Gasteiger partial charge in [-0.05, 0) is 197 Å². The fraction of sp³-hybridized carbons (Fsp3) is 0.156. The molecular formula is C96H108Cl12N4O16P4Pt2-2. The molecule has 0 aliphatic carbocycles. The molecule has 0 aliphatic rings. The molecule has 0 fully saturated rings. The van der Waals surface area contributed by atoms with E-state index in [1.807, 2.05) is 121 Å². The predicted octanol–water partition coefficient (Wildman–Crippen LogP) is 2.64. The Morgan fingerprint density at radius 2 is 0.291 bits per heavy atom. The van der Waals surface area contributed by atoms with Crippen LogP contribution in [0.15, 0.2) is 408 Å². The van der Waals surface area contributed by atoms with Crippen LogP contribution in [0, 0.1) is 47.4 Å². The van der Waals surface area contributed by atoms with E-state index < -0.39 is 72.7 Å². The van der Waals surface area contributed by atoms with Gasteiger partial charge in [0.1, 0.15) is 42.4 Å². The van der Waals surface area contributed by atoms with Crippen LogP contribution in [0.25, 0.3) is 0 Å². The van der Waals surface area contributed by atoms with Crippen LogP contribution in [-0.2, 0) is 42.1 Å². The number of benzene rings is 12. The van der Waals surface area contributed by atoms with E-state index in [-0.39, 0.29) is 94.7 Å². The minimum Gasteiger partial charge on any atom is -1.00 e. The van der Waals surface area contributed by atoms with Gasteiger partial charge in [-0.3, -0.25) is 6.38 Å². The standard InChI is InChI=1S/2C32H32P2.2C14H16N2.3CH2Cl2.CH2Cl.4ClHO4.ClH.2Pt/c2*1-25(27(3)33(29-17-9-5-10-18-29)30-19-11-6-12-20-30)26(2)28(4)34(31-21-13-7-14-22-31)32-23-15-8-16-24-32;2*15-13(11-7-3-1-4-8-11)14(16)12-9-5-2-6-10-12;3*2-1-3;1-2;4*2-1(3,4)5;;;/h2*5-24H,1-4H3;2*1-10,13-14H,15-16H2;3*1H2;1H2;4*(H,2,3,4,5);1H;;/q;;;;;;;-1;;;;;;;/p-1/b2*27-25-,28-26-;;;;;;;;;;;;;/t;;2*13-,14-;;;;;;;;;;;/m..00.........../s1. The Kier molecular flexibility index (Phi) is 75.0. The second kappa shape index (κ2) is 75.2. The molecule has 0 bridgehead atoms. The summed E-state index contributed by atoms with van der Waals surface area (Å²) in [6, 6.07) is 128. The molecule has 734 valence electrons. The van der Waals surface area contributed by atoms with Crippen molar-refractivity contribution in [3.8, 4) is 0 Å². The molecule has 0 saturated carbocycles. The third-order valence-electron chi connectivity index (χ3n) is 18.9. The molecular weight excluding hydrogens is 2400 g/mol. The van der Waals surface area contributed by atoms with Crippen LogP contribution < -0.4 is 152 Å². The molecule has 0 spiro atoms. The van der Waals surface area contributed by atoms with Crippen molar-refractivity contribution >= 4 is 155 Å². The van der Waals surface area contributed by atoms with Crippen molar-refractivity contribution in [3.05, 3.63) is 436 Å². The number of allylic oxidation sites excluding steroid dienone is 8. The van der Waals surface area contributed by atoms with E-state index >= 15 is 0 Å². The molecule has 0 amide bonds. The van der Waals surface area contributed by atoms with E-state index in [4.69, 9.17) is 167 Å². The molecule has 0 heterocycles. The summed E-state index contributed by atoms with van der Waals surface area (Å²) < 4.78 is 136. The number of alkyl halides is 6. The number of halogens is 12. The van der Waals surface area contributed by atoms with Gasteiger partial charge in [-0.15, -0.1) is 111 Å². The van der Waals surface area contributed by atoms with Crippen molar-refractivity contribution in [3.63, 3.8) is 0 Å². The first-order chi connectivity index (χ1) is 62.0. The van der Waals surface area contributed by atoms with Gasteiger partial charge in [-0.25, -0.2) is 74.5 Å². The quantitative estimate of drug-likeness (QED) is 0.0369. The molecule has 4 atom stereocenters. The van der Waals surface area contributed by atoms with Gasteiger partial charge in [-0.2, -0.15) is 0 Å². The maximum atomic E-state index is 8.49. The summed E-state index contributed by atoms with van der Waals surface area (Å²) in [7, 11) is -24.0. The van der Waals surface area contributed by atoms with Crippen molar-refractivity contribution in [2.24, 2.45) is 22.9 Å². The van der Waals surface area contributed by atoms with Crippen LogP contribution in [0.3, 0.4) is 0 Å². The van der Waals surface area contributed by atoms with Crippen LogP contribution in [0.5, 0.6) is 0 Å². The largest absolute Gasteiger partial charge is 1.00 e. The summed E-state index contributed by atoms with van der Waals surface area (Å²) in [4.78, 5) is 0. The number of rotatable bonds is 20. The summed E-state index contributed by atoms with van der Waals surface area (Å²) in [6.45, 7) is 18.8. The molecule has 12 aromatic rings. The third-order valence-corrected chi connectivity index (χ3v) is 30.7. The summed E-state index contributed by atoms with van der Waals surface area (Å²) in [5.41, 5.74) is 34.6.